The van der Waals surface area contributed by atoms with Gasteiger partial charge in [0.1, 0.15) is 5.82 Å². The fourth-order valence-electron chi connectivity index (χ4n) is 3.25. The van der Waals surface area contributed by atoms with Crippen molar-refractivity contribution in [2.24, 2.45) is 0 Å². The fourth-order valence-corrected chi connectivity index (χ4v) is 4.14. The maximum Gasteiger partial charge on any atom is 0.247 e. The van der Waals surface area contributed by atoms with Crippen molar-refractivity contribution in [3.05, 3.63) is 96.6 Å². The number of para-hydroxylation sites is 1. The second-order valence-corrected chi connectivity index (χ2v) is 8.36. The summed E-state index contributed by atoms with van der Waals surface area (Å²) in [5.41, 5.74) is 2.54. The van der Waals surface area contributed by atoms with Gasteiger partial charge in [0.2, 0.25) is 11.8 Å². The van der Waals surface area contributed by atoms with Gasteiger partial charge in [-0.15, -0.1) is 20.4 Å². The lowest BCUT2D eigenvalue weighted by Crippen LogP contribution is -2.01. The molecule has 0 spiro atoms. The number of halogens is 1. The number of thioether (sulfide) groups is 1. The predicted octanol–water partition coefficient (Wildman–Crippen LogP) is 5.98. The predicted molar refractivity (Wildman–Crippen MR) is 121 cm³/mol. The zero-order valence-electron chi connectivity index (χ0n) is 17.1. The first-order valence-electron chi connectivity index (χ1n) is 10.0. The Labute approximate surface area is 188 Å². The van der Waals surface area contributed by atoms with E-state index in [-0.39, 0.29) is 11.1 Å². The maximum absolute atomic E-state index is 13.4. The van der Waals surface area contributed by atoms with Gasteiger partial charge in [0, 0.05) is 16.8 Å². The van der Waals surface area contributed by atoms with E-state index in [1.165, 1.54) is 23.9 Å². The van der Waals surface area contributed by atoms with Crippen LogP contribution in [-0.2, 0) is 0 Å². The molecule has 0 fully saturated rings. The summed E-state index contributed by atoms with van der Waals surface area (Å²) in [6.07, 6.45) is 0. The molecule has 2 aromatic heterocycles. The van der Waals surface area contributed by atoms with Crippen molar-refractivity contribution >= 4 is 11.8 Å². The number of aromatic nitrogens is 5. The molecule has 0 bridgehead atoms. The van der Waals surface area contributed by atoms with E-state index in [0.29, 0.717) is 22.8 Å². The molecule has 5 aromatic rings. The van der Waals surface area contributed by atoms with Crippen LogP contribution >= 0.6 is 11.8 Å². The van der Waals surface area contributed by atoms with Crippen LogP contribution < -0.4 is 0 Å². The monoisotopic (exact) mass is 443 g/mol. The third-order valence-electron chi connectivity index (χ3n) is 4.84. The van der Waals surface area contributed by atoms with Gasteiger partial charge in [-0.05, 0) is 55.5 Å². The van der Waals surface area contributed by atoms with Crippen molar-refractivity contribution < 1.29 is 8.81 Å². The first-order chi connectivity index (χ1) is 15.7. The summed E-state index contributed by atoms with van der Waals surface area (Å²) >= 11 is 1.46. The maximum atomic E-state index is 13.4. The molecule has 3 aromatic carbocycles. The van der Waals surface area contributed by atoms with Crippen LogP contribution in [0.4, 0.5) is 4.39 Å². The quantitative estimate of drug-likeness (QED) is 0.301. The third-order valence-corrected chi connectivity index (χ3v) is 5.87. The summed E-state index contributed by atoms with van der Waals surface area (Å²) in [7, 11) is 0. The van der Waals surface area contributed by atoms with Crippen molar-refractivity contribution in [2.75, 3.05) is 0 Å². The molecular weight excluding hydrogens is 425 g/mol. The zero-order valence-corrected chi connectivity index (χ0v) is 17.9. The van der Waals surface area contributed by atoms with E-state index in [2.05, 4.69) is 20.4 Å². The Bertz CT molecular complexity index is 1320. The average molecular weight is 444 g/mol. The van der Waals surface area contributed by atoms with Crippen molar-refractivity contribution in [1.29, 1.82) is 0 Å². The van der Waals surface area contributed by atoms with Gasteiger partial charge in [-0.2, -0.15) is 0 Å². The van der Waals surface area contributed by atoms with Gasteiger partial charge < -0.3 is 4.42 Å². The van der Waals surface area contributed by atoms with E-state index >= 15 is 0 Å². The first-order valence-corrected chi connectivity index (χ1v) is 10.9. The molecule has 0 amide bonds. The number of rotatable bonds is 6. The molecule has 1 atom stereocenters. The zero-order chi connectivity index (χ0) is 21.9. The largest absolute Gasteiger partial charge is 0.419 e. The highest BCUT2D eigenvalue weighted by Crippen LogP contribution is 2.37. The molecule has 6 nitrogen and oxygen atoms in total. The highest BCUT2D eigenvalue weighted by Gasteiger charge is 2.22. The van der Waals surface area contributed by atoms with Gasteiger partial charge in [0.25, 0.3) is 0 Å². The minimum atomic E-state index is -0.298. The van der Waals surface area contributed by atoms with Crippen LogP contribution in [-0.4, -0.2) is 25.0 Å². The van der Waals surface area contributed by atoms with Gasteiger partial charge in [-0.3, -0.25) is 4.57 Å². The lowest BCUT2D eigenvalue weighted by atomic mass is 10.2. The Morgan fingerprint density at radius 3 is 2.19 bits per heavy atom. The topological polar surface area (TPSA) is 69.6 Å². The van der Waals surface area contributed by atoms with E-state index in [1.54, 1.807) is 12.1 Å². The Morgan fingerprint density at radius 1 is 0.781 bits per heavy atom. The summed E-state index contributed by atoms with van der Waals surface area (Å²) < 4.78 is 21.3. The molecule has 0 aliphatic heterocycles. The van der Waals surface area contributed by atoms with Crippen LogP contribution in [0.3, 0.4) is 0 Å². The number of benzene rings is 3. The molecule has 8 heteroatoms. The van der Waals surface area contributed by atoms with Crippen LogP contribution in [0.1, 0.15) is 18.1 Å². The molecule has 0 N–H and O–H groups in total. The molecule has 0 aliphatic rings. The van der Waals surface area contributed by atoms with Crippen LogP contribution in [0.15, 0.2) is 94.5 Å². The molecule has 5 rings (SSSR count). The second-order valence-electron chi connectivity index (χ2n) is 7.06. The lowest BCUT2D eigenvalue weighted by molar-refractivity contribution is 0.509. The highest BCUT2D eigenvalue weighted by molar-refractivity contribution is 7.99. The highest BCUT2D eigenvalue weighted by atomic mass is 32.2. The van der Waals surface area contributed by atoms with E-state index in [1.807, 2.05) is 72.2 Å². The smallest absolute Gasteiger partial charge is 0.247 e. The lowest BCUT2D eigenvalue weighted by Gasteiger charge is -2.12. The van der Waals surface area contributed by atoms with Gasteiger partial charge in [-0.25, -0.2) is 4.39 Å². The minimum absolute atomic E-state index is 0.160. The Morgan fingerprint density at radius 2 is 1.47 bits per heavy atom. The number of hydrogen-bond donors (Lipinski definition) is 0. The summed E-state index contributed by atoms with van der Waals surface area (Å²) in [6.45, 7) is 1.98. The van der Waals surface area contributed by atoms with Crippen LogP contribution in [0.25, 0.3) is 28.5 Å². The molecular formula is C24H18FN5OS. The second kappa shape index (κ2) is 8.76. The van der Waals surface area contributed by atoms with Crippen molar-refractivity contribution in [3.8, 4) is 28.5 Å². The Kier molecular flexibility index (Phi) is 5.51. The summed E-state index contributed by atoms with van der Waals surface area (Å²) in [5.74, 6) is 1.30. The first kappa shape index (κ1) is 20.1. The molecule has 2 heterocycles. The number of nitrogens with zero attached hydrogens (tertiary/aromatic N) is 5. The molecule has 0 saturated carbocycles. The molecule has 0 radical (unpaired) electrons. The van der Waals surface area contributed by atoms with E-state index in [0.717, 1.165) is 16.8 Å². The standard InChI is InChI=1S/C24H18FN5OS/c1-16(22-27-28-23(31-22)18-8-4-2-5-9-18)32-24-29-26-21(17-12-14-19(25)15-13-17)30(24)20-10-6-3-7-11-20/h2-16H,1H3. The average Bonchev–Trinajstić information content (AvgIpc) is 3.49. The van der Waals surface area contributed by atoms with Gasteiger partial charge in [0.05, 0.1) is 5.25 Å². The van der Waals surface area contributed by atoms with Crippen molar-refractivity contribution in [3.63, 3.8) is 0 Å². The summed E-state index contributed by atoms with van der Waals surface area (Å²) in [6, 6.07) is 25.7. The van der Waals surface area contributed by atoms with Crippen LogP contribution in [0, 0.1) is 5.82 Å². The molecule has 32 heavy (non-hydrogen) atoms. The SMILES string of the molecule is CC(Sc1nnc(-c2ccc(F)cc2)n1-c1ccccc1)c1nnc(-c2ccccc2)o1. The van der Waals surface area contributed by atoms with Crippen LogP contribution in [0.5, 0.6) is 0 Å². The summed E-state index contributed by atoms with van der Waals surface area (Å²) in [4.78, 5) is 0. The minimum Gasteiger partial charge on any atom is -0.419 e. The molecule has 0 aliphatic carbocycles. The Hall–Kier alpha value is -3.78. The Balaban J connectivity index is 1.49. The molecule has 1 unspecified atom stereocenters. The number of hydrogen-bond acceptors (Lipinski definition) is 6. The van der Waals surface area contributed by atoms with Gasteiger partial charge in [-0.1, -0.05) is 48.2 Å². The normalized spacial score (nSPS) is 12.1. The van der Waals surface area contributed by atoms with Gasteiger partial charge >= 0.3 is 0 Å². The molecule has 158 valence electrons. The fraction of sp³-hybridized carbons (Fsp3) is 0.0833. The molecule has 0 saturated heterocycles. The third kappa shape index (κ3) is 4.04. The van der Waals surface area contributed by atoms with Crippen LogP contribution in [0.2, 0.25) is 0 Å². The van der Waals surface area contributed by atoms with E-state index in [9.17, 15) is 4.39 Å². The van der Waals surface area contributed by atoms with Crippen molar-refractivity contribution in [2.45, 2.75) is 17.3 Å². The van der Waals surface area contributed by atoms with E-state index < -0.39 is 0 Å². The van der Waals surface area contributed by atoms with Crippen molar-refractivity contribution in [1.82, 2.24) is 25.0 Å². The summed E-state index contributed by atoms with van der Waals surface area (Å²) in [5, 5.41) is 17.7. The van der Waals surface area contributed by atoms with E-state index in [4.69, 9.17) is 4.42 Å². The van der Waals surface area contributed by atoms with Gasteiger partial charge in [0.15, 0.2) is 11.0 Å².